The molecule has 25 rings (SSSR count). The van der Waals surface area contributed by atoms with E-state index in [9.17, 15) is 24.0 Å². The molecular formula is C101H100N38O10. The first-order chi connectivity index (χ1) is 73.0. The summed E-state index contributed by atoms with van der Waals surface area (Å²) in [6, 6.07) is 60.2. The van der Waals surface area contributed by atoms with Gasteiger partial charge in [-0.3, -0.25) is 38.9 Å². The lowest BCUT2D eigenvalue weighted by Crippen LogP contribution is -2.43. The van der Waals surface area contributed by atoms with Crippen LogP contribution in [0.2, 0.25) is 0 Å². The van der Waals surface area contributed by atoms with Crippen molar-refractivity contribution in [2.24, 2.45) is 22.9 Å². The first kappa shape index (κ1) is 96.3. The second-order valence-electron chi connectivity index (χ2n) is 35.6. The smallest absolute Gasteiger partial charge is 0.344 e. The molecule has 4 atom stereocenters. The second kappa shape index (κ2) is 44.2. The van der Waals surface area contributed by atoms with Gasteiger partial charge in [-0.2, -0.15) is 48.9 Å². The number of rotatable bonds is 20. The Hall–Kier alpha value is -18.8. The second-order valence-corrected chi connectivity index (χ2v) is 35.6. The first-order valence-corrected chi connectivity index (χ1v) is 48.4. The molecule has 5 aliphatic heterocycles. The van der Waals surface area contributed by atoms with Crippen molar-refractivity contribution in [3.63, 3.8) is 0 Å². The molecule has 0 unspecified atom stereocenters. The van der Waals surface area contributed by atoms with E-state index in [1.54, 1.807) is 68.2 Å². The van der Waals surface area contributed by atoms with E-state index in [1.807, 2.05) is 188 Å². The van der Waals surface area contributed by atoms with Crippen LogP contribution >= 0.6 is 0 Å². The fourth-order valence-corrected chi connectivity index (χ4v) is 18.3. The average molecular weight is 2010 g/mol. The number of nitrogens with two attached hydrogens (primary N) is 4. The van der Waals surface area contributed by atoms with E-state index in [0.29, 0.717) is 28.4 Å². The van der Waals surface area contributed by atoms with Crippen molar-refractivity contribution in [3.8, 4) is 30.1 Å². The highest BCUT2D eigenvalue weighted by Gasteiger charge is 2.31. The third-order valence-corrected chi connectivity index (χ3v) is 25.4. The molecule has 5 aliphatic rings. The summed E-state index contributed by atoms with van der Waals surface area (Å²) in [6.07, 6.45) is 26.5. The van der Waals surface area contributed by atoms with E-state index in [4.69, 9.17) is 45.0 Å². The number of carbonyl (C=O) groups excluding carboxylic acids is 5. The Morgan fingerprint density at radius 3 is 0.752 bits per heavy atom. The lowest BCUT2D eigenvalue weighted by atomic mass is 10.1. The van der Waals surface area contributed by atoms with Crippen LogP contribution in [0.1, 0.15) is 105 Å². The largest absolute Gasteiger partial charge is 0.397 e. The molecule has 5 saturated heterocycles. The fourth-order valence-electron chi connectivity index (χ4n) is 18.3. The Labute approximate surface area is 846 Å². The molecule has 20 aromatic rings. The summed E-state index contributed by atoms with van der Waals surface area (Å²) < 4.78 is 35.5. The lowest BCUT2D eigenvalue weighted by molar-refractivity contribution is 0.0982. The minimum Gasteiger partial charge on any atom is -0.397 e. The van der Waals surface area contributed by atoms with Gasteiger partial charge in [0.15, 0.2) is 0 Å². The molecule has 14 N–H and O–H groups in total. The highest BCUT2D eigenvalue weighted by atomic mass is 16.4. The number of anilines is 10. The Kier molecular flexibility index (Phi) is 28.6. The Balaban J connectivity index is 0.000000109. The highest BCUT2D eigenvalue weighted by Crippen LogP contribution is 2.36. The number of nitrogens with zero attached hydrogens (tertiary/aromatic N) is 28. The quantitative estimate of drug-likeness (QED) is 0.0339. The van der Waals surface area contributed by atoms with Crippen molar-refractivity contribution in [2.75, 3.05) is 130 Å². The number of pyridine rings is 3. The van der Waals surface area contributed by atoms with Crippen molar-refractivity contribution < 1.29 is 46.1 Å². The zero-order valence-corrected chi connectivity index (χ0v) is 80.1. The fraction of sp³-hybridized carbons (Fsp3) is 0.238. The van der Waals surface area contributed by atoms with E-state index >= 15 is 0 Å². The van der Waals surface area contributed by atoms with Crippen LogP contribution in [0.4, 0.5) is 56.9 Å². The van der Waals surface area contributed by atoms with Crippen molar-refractivity contribution in [1.29, 1.82) is 0 Å². The van der Waals surface area contributed by atoms with Crippen molar-refractivity contribution >= 4 is 141 Å². The average Bonchev–Trinajstić information content (AvgIpc) is 1.65. The number of nitrogens with one attached hydrogen (secondary N) is 6. The number of carbonyl (C=O) groups is 5. The minimum atomic E-state index is -0.513. The maximum atomic E-state index is 12.8. The van der Waals surface area contributed by atoms with Gasteiger partial charge in [-0.25, -0.2) is 0 Å². The standard InChI is InChI=1S/2C21H21N7O2.2C20H20N8O2.C19H18N8O2/c2*22-15-7-5-11-27(13-15)18-10-4-2-8-16(18)24-19(29)20-25-26-21(30-20)28-17-9-3-1-6-14(17)12-23-28;2*21-14-5-3-9-27(12-14)17-7-8-22-11-15(17)24-18(29)19-25-26-20(30-19)28-16-6-2-1-4-13(16)10-23-28;28-17(23-14-12-21-6-5-16(14)26-9-7-20-8-10-26)18-24-25-19(29-18)27-15-4-2-1-3-13(15)11-22-27/h2*1-4,6,8-10,12,15H,5,7,11,13,22H2,(H,24,29);2*1-2,4,6-8,10-11,14H,3,5,9,12,21H2,(H,24,29);1-6,11-12,20H,7-10H2,(H,23,28)/t2*15-;2*14-;/m1010./s1. The molecule has 0 aliphatic carbocycles. The summed E-state index contributed by atoms with van der Waals surface area (Å²) in [5.41, 5.74) is 36.1. The Morgan fingerprint density at radius 1 is 0.262 bits per heavy atom. The van der Waals surface area contributed by atoms with Gasteiger partial charge in [-0.05, 0) is 124 Å². The minimum absolute atomic E-state index is 0.109. The Morgan fingerprint density at radius 2 is 0.490 bits per heavy atom. The molecule has 754 valence electrons. The third-order valence-electron chi connectivity index (χ3n) is 25.4. The van der Waals surface area contributed by atoms with E-state index in [1.165, 1.54) is 23.4 Å². The van der Waals surface area contributed by atoms with Crippen LogP contribution in [0, 0.1) is 0 Å². The summed E-state index contributed by atoms with van der Waals surface area (Å²) in [7, 11) is 0. The highest BCUT2D eigenvalue weighted by molar-refractivity contribution is 6.06. The van der Waals surface area contributed by atoms with Gasteiger partial charge >= 0.3 is 89.1 Å². The van der Waals surface area contributed by atoms with Gasteiger partial charge in [0.1, 0.15) is 0 Å². The molecule has 13 aromatic heterocycles. The molecule has 48 nitrogen and oxygen atoms in total. The predicted molar refractivity (Wildman–Crippen MR) is 553 cm³/mol. The topological polar surface area (TPSA) is 600 Å². The molecule has 5 amide bonds. The van der Waals surface area contributed by atoms with Gasteiger partial charge < -0.3 is 101 Å². The van der Waals surface area contributed by atoms with Crippen LogP contribution in [0.25, 0.3) is 84.6 Å². The molecule has 7 aromatic carbocycles. The molecule has 48 heteroatoms. The van der Waals surface area contributed by atoms with Gasteiger partial charge in [0.05, 0.1) is 134 Å². The zero-order valence-electron chi connectivity index (χ0n) is 80.1. The maximum absolute atomic E-state index is 12.8. The summed E-state index contributed by atoms with van der Waals surface area (Å²) in [6.45, 7) is 9.99. The van der Waals surface area contributed by atoms with Crippen LogP contribution in [-0.4, -0.2) is 247 Å². The molecule has 0 bridgehead atoms. The molecular weight excluding hydrogens is 1910 g/mol. The molecule has 0 saturated carbocycles. The number of hydrogen-bond acceptors (Lipinski definition) is 38. The number of piperidine rings is 4. The van der Waals surface area contributed by atoms with Gasteiger partial charge in [-0.15, -0.1) is 25.5 Å². The van der Waals surface area contributed by atoms with Crippen LogP contribution in [0.15, 0.2) is 278 Å². The Bertz CT molecular complexity index is 7380. The SMILES string of the molecule is N[C@@H]1CCCN(c2ccccc2NC(=O)c2nnc(-n3ncc4ccccc43)o2)C1.N[C@@H]1CCCN(c2ccncc2NC(=O)c2nnc(-n3ncc4ccccc43)o2)C1.N[C@H]1CCCN(c2ccccc2NC(=O)c2nnc(-n3ncc4ccccc43)o2)C1.N[C@H]1CCCN(c2ccncc2NC(=O)c2nnc(-n3ncc4ccccc43)o2)C1.O=C(Nc1cnccc1N1CCNCC1)c1nnc(-n2ncc3ccccc32)o1. The van der Waals surface area contributed by atoms with Crippen LogP contribution in [0.5, 0.6) is 0 Å². The van der Waals surface area contributed by atoms with E-state index in [-0.39, 0.29) is 83.7 Å². The monoisotopic (exact) mass is 2000 g/mol. The van der Waals surface area contributed by atoms with Gasteiger partial charge in [0.25, 0.3) is 0 Å². The molecule has 0 radical (unpaired) electrons. The number of fused-ring (bicyclic) bond motifs is 5. The normalized spacial score (nSPS) is 16.2. The van der Waals surface area contributed by atoms with Gasteiger partial charge in [0.2, 0.25) is 0 Å². The number of aromatic nitrogens is 23. The zero-order chi connectivity index (χ0) is 102. The van der Waals surface area contributed by atoms with Gasteiger partial charge in [0, 0.05) is 148 Å². The third kappa shape index (κ3) is 21.9. The molecule has 18 heterocycles. The van der Waals surface area contributed by atoms with Crippen LogP contribution < -0.4 is 79.3 Å². The summed E-state index contributed by atoms with van der Waals surface area (Å²) in [5.74, 6) is -3.19. The summed E-state index contributed by atoms with van der Waals surface area (Å²) >= 11 is 0. The first-order valence-electron chi connectivity index (χ1n) is 48.4. The van der Waals surface area contributed by atoms with Crippen molar-refractivity contribution in [1.82, 2.24) is 120 Å². The number of para-hydroxylation sites is 9. The van der Waals surface area contributed by atoms with E-state index < -0.39 is 29.5 Å². The summed E-state index contributed by atoms with van der Waals surface area (Å²) in [4.78, 5) is 87.0. The number of benzene rings is 7. The molecule has 149 heavy (non-hydrogen) atoms. The van der Waals surface area contributed by atoms with E-state index in [2.05, 4.69) is 148 Å². The molecule has 0 spiro atoms. The number of piperazine rings is 1. The summed E-state index contributed by atoms with van der Waals surface area (Å²) in [5, 5.41) is 83.0. The van der Waals surface area contributed by atoms with Crippen molar-refractivity contribution in [3.05, 3.63) is 286 Å². The maximum Gasteiger partial charge on any atom is 0.344 e. The van der Waals surface area contributed by atoms with Gasteiger partial charge in [-0.1, -0.05) is 141 Å². The van der Waals surface area contributed by atoms with Crippen LogP contribution in [-0.2, 0) is 0 Å². The van der Waals surface area contributed by atoms with Crippen LogP contribution in [0.3, 0.4) is 0 Å². The number of hydrogen-bond donors (Lipinski definition) is 10. The van der Waals surface area contributed by atoms with Crippen molar-refractivity contribution in [2.45, 2.75) is 75.5 Å². The molecule has 5 fully saturated rings. The predicted octanol–water partition coefficient (Wildman–Crippen LogP) is 10.6. The lowest BCUT2D eigenvalue weighted by Gasteiger charge is -2.33. The van der Waals surface area contributed by atoms with E-state index in [0.717, 1.165) is 213 Å². The number of amides is 5.